The van der Waals surface area contributed by atoms with Gasteiger partial charge in [0.15, 0.2) is 5.12 Å². The van der Waals surface area contributed by atoms with Crippen molar-refractivity contribution in [2.45, 2.75) is 19.5 Å². The fourth-order valence-electron chi connectivity index (χ4n) is 2.33. The van der Waals surface area contributed by atoms with E-state index in [2.05, 4.69) is 0 Å². The molecule has 1 aliphatic rings. The van der Waals surface area contributed by atoms with Crippen molar-refractivity contribution >= 4 is 40.1 Å². The maximum absolute atomic E-state index is 13.1. The number of anilines is 1. The highest BCUT2D eigenvalue weighted by molar-refractivity contribution is 8.13. The molecular formula is C14H13ClF3NO2S. The van der Waals surface area contributed by atoms with Gasteiger partial charge in [-0.1, -0.05) is 23.4 Å². The number of alkyl halides is 3. The van der Waals surface area contributed by atoms with E-state index in [0.717, 1.165) is 22.7 Å². The minimum Gasteiger partial charge on any atom is -0.311 e. The second-order valence-corrected chi connectivity index (χ2v) is 6.67. The number of hydrogen-bond donors (Lipinski definition) is 0. The summed E-state index contributed by atoms with van der Waals surface area (Å²) in [5, 5.41) is -0.111. The number of carbonyl (C=O) groups excluding carboxylic acids is 2. The van der Waals surface area contributed by atoms with Crippen molar-refractivity contribution in [1.82, 2.24) is 0 Å². The summed E-state index contributed by atoms with van der Waals surface area (Å²) in [5.74, 6) is -0.0906. The second kappa shape index (κ2) is 6.50. The molecule has 1 aliphatic heterocycles. The molecule has 1 saturated heterocycles. The molecule has 0 bridgehead atoms. The van der Waals surface area contributed by atoms with E-state index in [4.69, 9.17) is 11.6 Å². The Morgan fingerprint density at radius 1 is 1.45 bits per heavy atom. The molecule has 2 rings (SSSR count). The molecular weight excluding hydrogens is 339 g/mol. The summed E-state index contributed by atoms with van der Waals surface area (Å²) in [4.78, 5) is 24.1. The van der Waals surface area contributed by atoms with Crippen LogP contribution < -0.4 is 4.90 Å². The highest BCUT2D eigenvalue weighted by atomic mass is 35.5. The Labute approximate surface area is 134 Å². The zero-order valence-corrected chi connectivity index (χ0v) is 13.2. The predicted octanol–water partition coefficient (Wildman–Crippen LogP) is 3.99. The summed E-state index contributed by atoms with van der Waals surface area (Å²) in [6.45, 7) is 1.59. The predicted molar refractivity (Wildman–Crippen MR) is 80.1 cm³/mol. The van der Waals surface area contributed by atoms with Gasteiger partial charge < -0.3 is 4.90 Å². The third kappa shape index (κ3) is 3.95. The van der Waals surface area contributed by atoms with Crippen LogP contribution in [0.25, 0.3) is 0 Å². The van der Waals surface area contributed by atoms with Gasteiger partial charge in [-0.15, -0.1) is 0 Å². The first-order chi connectivity index (χ1) is 10.2. The van der Waals surface area contributed by atoms with Crippen LogP contribution in [0.4, 0.5) is 18.9 Å². The van der Waals surface area contributed by atoms with Crippen molar-refractivity contribution in [2.24, 2.45) is 5.92 Å². The SMILES string of the molecule is CC(=O)SCC1CC(=O)N(c2ccc(Cl)cc2C(F)(F)F)C1. The van der Waals surface area contributed by atoms with Crippen molar-refractivity contribution in [3.63, 3.8) is 0 Å². The van der Waals surface area contributed by atoms with E-state index >= 15 is 0 Å². The molecule has 0 aromatic heterocycles. The molecule has 3 nitrogen and oxygen atoms in total. The lowest BCUT2D eigenvalue weighted by Crippen LogP contribution is -2.27. The van der Waals surface area contributed by atoms with E-state index < -0.39 is 11.7 Å². The summed E-state index contributed by atoms with van der Waals surface area (Å²) in [7, 11) is 0. The van der Waals surface area contributed by atoms with Crippen LogP contribution in [0.15, 0.2) is 18.2 Å². The largest absolute Gasteiger partial charge is 0.418 e. The lowest BCUT2D eigenvalue weighted by molar-refractivity contribution is -0.137. The van der Waals surface area contributed by atoms with Gasteiger partial charge in [0, 0.05) is 30.7 Å². The van der Waals surface area contributed by atoms with Crippen LogP contribution in [-0.4, -0.2) is 23.3 Å². The summed E-state index contributed by atoms with van der Waals surface area (Å²) < 4.78 is 39.3. The van der Waals surface area contributed by atoms with Gasteiger partial charge in [-0.3, -0.25) is 9.59 Å². The van der Waals surface area contributed by atoms with Gasteiger partial charge in [-0.25, -0.2) is 0 Å². The van der Waals surface area contributed by atoms with Crippen LogP contribution in [0.2, 0.25) is 5.02 Å². The van der Waals surface area contributed by atoms with Crippen LogP contribution in [0, 0.1) is 5.92 Å². The second-order valence-electron chi connectivity index (χ2n) is 5.04. The van der Waals surface area contributed by atoms with Gasteiger partial charge in [-0.2, -0.15) is 13.2 Å². The number of hydrogen-bond acceptors (Lipinski definition) is 3. The fourth-order valence-corrected chi connectivity index (χ4v) is 3.20. The Morgan fingerprint density at radius 2 is 2.14 bits per heavy atom. The van der Waals surface area contributed by atoms with E-state index in [9.17, 15) is 22.8 Å². The Balaban J connectivity index is 2.25. The van der Waals surface area contributed by atoms with Crippen LogP contribution in [0.5, 0.6) is 0 Å². The standard InChI is InChI=1S/C14H13ClF3NO2S/c1-8(20)22-7-9-4-13(21)19(6-9)12-3-2-10(15)5-11(12)14(16,17)18/h2-3,5,9H,4,6-7H2,1H3. The molecule has 1 aromatic carbocycles. The van der Waals surface area contributed by atoms with Crippen molar-refractivity contribution in [2.75, 3.05) is 17.2 Å². The molecule has 1 amide bonds. The molecule has 1 fully saturated rings. The molecule has 1 atom stereocenters. The zero-order valence-electron chi connectivity index (χ0n) is 11.6. The molecule has 0 N–H and O–H groups in total. The first-order valence-corrected chi connectivity index (χ1v) is 7.85. The molecule has 120 valence electrons. The fraction of sp³-hybridized carbons (Fsp3) is 0.429. The molecule has 1 heterocycles. The highest BCUT2D eigenvalue weighted by Crippen LogP contribution is 2.40. The van der Waals surface area contributed by atoms with Gasteiger partial charge in [0.1, 0.15) is 0 Å². The third-order valence-electron chi connectivity index (χ3n) is 3.28. The molecule has 0 saturated carbocycles. The Morgan fingerprint density at radius 3 is 2.73 bits per heavy atom. The average molecular weight is 352 g/mol. The first kappa shape index (κ1) is 17.1. The van der Waals surface area contributed by atoms with Gasteiger partial charge in [0.05, 0.1) is 11.3 Å². The van der Waals surface area contributed by atoms with Crippen molar-refractivity contribution < 1.29 is 22.8 Å². The van der Waals surface area contributed by atoms with E-state index in [0.29, 0.717) is 5.75 Å². The molecule has 1 aromatic rings. The monoisotopic (exact) mass is 351 g/mol. The Hall–Kier alpha value is -1.21. The van der Waals surface area contributed by atoms with Crippen LogP contribution in [0.1, 0.15) is 18.9 Å². The van der Waals surface area contributed by atoms with Gasteiger partial charge in [0.2, 0.25) is 5.91 Å². The van der Waals surface area contributed by atoms with Gasteiger partial charge in [0.25, 0.3) is 0 Å². The van der Waals surface area contributed by atoms with Crippen LogP contribution in [0.3, 0.4) is 0 Å². The number of nitrogens with zero attached hydrogens (tertiary/aromatic N) is 1. The lowest BCUT2D eigenvalue weighted by Gasteiger charge is -2.22. The smallest absolute Gasteiger partial charge is 0.311 e. The summed E-state index contributed by atoms with van der Waals surface area (Å²) >= 11 is 6.71. The molecule has 0 radical (unpaired) electrons. The van der Waals surface area contributed by atoms with E-state index in [1.54, 1.807) is 0 Å². The van der Waals surface area contributed by atoms with E-state index in [-0.39, 0.29) is 40.6 Å². The van der Waals surface area contributed by atoms with Crippen molar-refractivity contribution in [3.05, 3.63) is 28.8 Å². The molecule has 8 heteroatoms. The van der Waals surface area contributed by atoms with Crippen molar-refractivity contribution in [1.29, 1.82) is 0 Å². The molecule has 0 aliphatic carbocycles. The number of benzene rings is 1. The Bertz CT molecular complexity index is 606. The quantitative estimate of drug-likeness (QED) is 0.826. The van der Waals surface area contributed by atoms with E-state index in [1.165, 1.54) is 19.1 Å². The average Bonchev–Trinajstić information content (AvgIpc) is 2.76. The molecule has 1 unspecified atom stereocenters. The number of amides is 1. The first-order valence-electron chi connectivity index (χ1n) is 6.49. The normalized spacial score (nSPS) is 18.9. The Kier molecular flexibility index (Phi) is 5.07. The zero-order chi connectivity index (χ0) is 16.5. The number of carbonyl (C=O) groups is 2. The topological polar surface area (TPSA) is 37.4 Å². The summed E-state index contributed by atoms with van der Waals surface area (Å²) in [6, 6.07) is 3.36. The maximum Gasteiger partial charge on any atom is 0.418 e. The lowest BCUT2D eigenvalue weighted by atomic mass is 10.1. The molecule has 0 spiro atoms. The van der Waals surface area contributed by atoms with E-state index in [1.807, 2.05) is 0 Å². The number of halogens is 4. The van der Waals surface area contributed by atoms with Crippen molar-refractivity contribution in [3.8, 4) is 0 Å². The van der Waals surface area contributed by atoms with Gasteiger partial charge >= 0.3 is 6.18 Å². The maximum atomic E-state index is 13.1. The third-order valence-corrected chi connectivity index (χ3v) is 4.56. The minimum atomic E-state index is -4.59. The minimum absolute atomic E-state index is 0.0357. The van der Waals surface area contributed by atoms with Crippen LogP contribution in [-0.2, 0) is 15.8 Å². The van der Waals surface area contributed by atoms with Gasteiger partial charge in [-0.05, 0) is 24.1 Å². The highest BCUT2D eigenvalue weighted by Gasteiger charge is 2.39. The molecule has 22 heavy (non-hydrogen) atoms. The summed E-state index contributed by atoms with van der Waals surface area (Å²) in [6.07, 6.45) is -4.45. The van der Waals surface area contributed by atoms with Crippen LogP contribution >= 0.6 is 23.4 Å². The summed E-state index contributed by atoms with van der Waals surface area (Å²) in [5.41, 5.74) is -1.11. The number of rotatable bonds is 3. The number of thioether (sulfide) groups is 1.